The minimum absolute atomic E-state index is 0.105. The molecular formula is C23H16N4O7. The van der Waals surface area contributed by atoms with Crippen LogP contribution in [0.4, 0.5) is 22.7 Å². The number of nitro benzene ring substituents is 2. The molecule has 0 saturated carbocycles. The van der Waals surface area contributed by atoms with Gasteiger partial charge in [0.15, 0.2) is 6.10 Å². The number of fused-ring (bicyclic) bond motifs is 1. The number of hydrogen-bond acceptors (Lipinski definition) is 8. The first-order valence-corrected chi connectivity index (χ1v) is 10.2. The number of para-hydroxylation sites is 1. The Morgan fingerprint density at radius 1 is 0.706 bits per heavy atom. The molecule has 2 heterocycles. The first kappa shape index (κ1) is 21.2. The molecule has 0 spiro atoms. The molecular weight excluding hydrogens is 444 g/mol. The summed E-state index contributed by atoms with van der Waals surface area (Å²) in [5.41, 5.74) is 1.11. The van der Waals surface area contributed by atoms with Crippen molar-refractivity contribution in [1.82, 2.24) is 0 Å². The molecule has 5 rings (SSSR count). The number of rotatable bonds is 5. The highest BCUT2D eigenvalue weighted by molar-refractivity contribution is 6.24. The van der Waals surface area contributed by atoms with Gasteiger partial charge in [-0.15, -0.1) is 0 Å². The van der Waals surface area contributed by atoms with Crippen molar-refractivity contribution in [2.75, 3.05) is 9.96 Å². The number of nitrogens with zero attached hydrogens (tertiary/aromatic N) is 4. The summed E-state index contributed by atoms with van der Waals surface area (Å²) in [6.45, 7) is 0. The van der Waals surface area contributed by atoms with Crippen LogP contribution in [0.1, 0.15) is 11.6 Å². The number of hydrogen-bond donors (Lipinski definition) is 0. The summed E-state index contributed by atoms with van der Waals surface area (Å²) in [5, 5.41) is 23.5. The largest absolute Gasteiger partial charge is 0.273 e. The van der Waals surface area contributed by atoms with Crippen molar-refractivity contribution in [2.45, 2.75) is 12.1 Å². The van der Waals surface area contributed by atoms with Gasteiger partial charge in [0.2, 0.25) is 5.91 Å². The van der Waals surface area contributed by atoms with Crippen LogP contribution in [-0.2, 0) is 14.4 Å². The van der Waals surface area contributed by atoms with Crippen LogP contribution in [0.5, 0.6) is 0 Å². The molecule has 0 aliphatic carbocycles. The zero-order chi connectivity index (χ0) is 24.0. The van der Waals surface area contributed by atoms with E-state index in [9.17, 15) is 29.8 Å². The van der Waals surface area contributed by atoms with Crippen LogP contribution in [0.2, 0.25) is 0 Å². The van der Waals surface area contributed by atoms with E-state index in [0.29, 0.717) is 11.3 Å². The molecule has 3 aromatic rings. The molecule has 3 aromatic carbocycles. The molecule has 11 heteroatoms. The minimum Gasteiger partial charge on any atom is -0.273 e. The van der Waals surface area contributed by atoms with Crippen molar-refractivity contribution in [1.29, 1.82) is 0 Å². The highest BCUT2D eigenvalue weighted by Crippen LogP contribution is 2.47. The smallest absolute Gasteiger partial charge is 0.269 e. The Morgan fingerprint density at radius 2 is 1.26 bits per heavy atom. The van der Waals surface area contributed by atoms with E-state index in [2.05, 4.69) is 0 Å². The number of amides is 2. The van der Waals surface area contributed by atoms with Gasteiger partial charge in [0.25, 0.3) is 17.3 Å². The SMILES string of the molecule is O=C1C2ON(c3ccccc3)C(c3ccc([N+](=O)[O-])cc3)C2C(=O)N1c1ccc([N+](=O)[O-])cc1. The Labute approximate surface area is 192 Å². The molecule has 3 atom stereocenters. The Balaban J connectivity index is 1.55. The number of hydroxylamine groups is 1. The lowest BCUT2D eigenvalue weighted by Gasteiger charge is -2.28. The van der Waals surface area contributed by atoms with Crippen LogP contribution < -0.4 is 9.96 Å². The van der Waals surface area contributed by atoms with Crippen molar-refractivity contribution in [3.8, 4) is 0 Å². The number of nitro groups is 2. The normalized spacial score (nSPS) is 21.6. The summed E-state index contributed by atoms with van der Waals surface area (Å²) < 4.78 is 0. The first-order valence-electron chi connectivity index (χ1n) is 10.2. The van der Waals surface area contributed by atoms with Crippen LogP contribution >= 0.6 is 0 Å². The van der Waals surface area contributed by atoms with Crippen molar-refractivity contribution >= 4 is 34.6 Å². The van der Waals surface area contributed by atoms with Crippen LogP contribution in [0.25, 0.3) is 0 Å². The third kappa shape index (κ3) is 3.35. The van der Waals surface area contributed by atoms with Crippen LogP contribution in [0, 0.1) is 26.1 Å². The molecule has 34 heavy (non-hydrogen) atoms. The average molecular weight is 460 g/mol. The maximum absolute atomic E-state index is 13.5. The highest BCUT2D eigenvalue weighted by atomic mass is 16.7. The standard InChI is InChI=1S/C23H16N4O7/c28-22-19-20(14-6-8-17(9-7-14)26(30)31)25(16-4-2-1-3-5-16)34-21(19)23(29)24(22)15-10-12-18(13-11-15)27(32)33/h1-13,19-21H. The zero-order valence-electron chi connectivity index (χ0n) is 17.4. The zero-order valence-corrected chi connectivity index (χ0v) is 17.4. The summed E-state index contributed by atoms with van der Waals surface area (Å²) >= 11 is 0. The second-order valence-electron chi connectivity index (χ2n) is 7.79. The second kappa shape index (κ2) is 8.05. The quantitative estimate of drug-likeness (QED) is 0.320. The summed E-state index contributed by atoms with van der Waals surface area (Å²) in [5.74, 6) is -2.04. The molecule has 3 unspecified atom stereocenters. The van der Waals surface area contributed by atoms with Gasteiger partial charge in [0, 0.05) is 24.3 Å². The van der Waals surface area contributed by atoms with Gasteiger partial charge in [0.1, 0.15) is 5.92 Å². The van der Waals surface area contributed by atoms with Crippen molar-refractivity contribution in [3.05, 3.63) is 105 Å². The van der Waals surface area contributed by atoms with Gasteiger partial charge < -0.3 is 0 Å². The van der Waals surface area contributed by atoms with E-state index >= 15 is 0 Å². The second-order valence-corrected chi connectivity index (χ2v) is 7.79. The maximum Gasteiger partial charge on any atom is 0.269 e. The molecule has 0 radical (unpaired) electrons. The Bertz CT molecular complexity index is 1300. The molecule has 2 fully saturated rings. The summed E-state index contributed by atoms with van der Waals surface area (Å²) in [7, 11) is 0. The number of carbonyl (C=O) groups excluding carboxylic acids is 2. The Kier molecular flexibility index (Phi) is 5.02. The molecule has 0 N–H and O–H groups in total. The fourth-order valence-electron chi connectivity index (χ4n) is 4.32. The fourth-order valence-corrected chi connectivity index (χ4v) is 4.32. The van der Waals surface area contributed by atoms with E-state index in [1.54, 1.807) is 24.3 Å². The van der Waals surface area contributed by atoms with Gasteiger partial charge in [0.05, 0.1) is 27.3 Å². The average Bonchev–Trinajstić information content (AvgIpc) is 3.35. The van der Waals surface area contributed by atoms with Gasteiger partial charge in [-0.3, -0.25) is 34.7 Å². The molecule has 170 valence electrons. The van der Waals surface area contributed by atoms with Crippen molar-refractivity contribution < 1.29 is 24.3 Å². The van der Waals surface area contributed by atoms with E-state index in [1.807, 2.05) is 6.07 Å². The van der Waals surface area contributed by atoms with E-state index in [0.717, 1.165) is 4.90 Å². The van der Waals surface area contributed by atoms with E-state index < -0.39 is 39.7 Å². The van der Waals surface area contributed by atoms with Crippen molar-refractivity contribution in [3.63, 3.8) is 0 Å². The monoisotopic (exact) mass is 460 g/mol. The predicted octanol–water partition coefficient (Wildman–Crippen LogP) is 3.55. The van der Waals surface area contributed by atoms with Gasteiger partial charge in [-0.1, -0.05) is 30.3 Å². The molecule has 0 bridgehead atoms. The van der Waals surface area contributed by atoms with Gasteiger partial charge in [-0.2, -0.15) is 0 Å². The molecule has 2 aliphatic heterocycles. The number of imide groups is 1. The van der Waals surface area contributed by atoms with E-state index in [-0.39, 0.29) is 17.1 Å². The van der Waals surface area contributed by atoms with E-state index in [4.69, 9.17) is 4.84 Å². The van der Waals surface area contributed by atoms with Gasteiger partial charge >= 0.3 is 0 Å². The van der Waals surface area contributed by atoms with Crippen LogP contribution in [0.3, 0.4) is 0 Å². The molecule has 2 saturated heterocycles. The maximum atomic E-state index is 13.5. The van der Waals surface area contributed by atoms with Crippen LogP contribution in [-0.4, -0.2) is 27.8 Å². The third-order valence-corrected chi connectivity index (χ3v) is 5.89. The molecule has 11 nitrogen and oxygen atoms in total. The summed E-state index contributed by atoms with van der Waals surface area (Å²) in [6.07, 6.45) is -1.12. The molecule has 2 amide bonds. The topological polar surface area (TPSA) is 136 Å². The lowest BCUT2D eigenvalue weighted by molar-refractivity contribution is -0.385. The number of carbonyl (C=O) groups is 2. The minimum atomic E-state index is -1.12. The van der Waals surface area contributed by atoms with Crippen molar-refractivity contribution in [2.24, 2.45) is 5.92 Å². The lowest BCUT2D eigenvalue weighted by Crippen LogP contribution is -2.37. The predicted molar refractivity (Wildman–Crippen MR) is 119 cm³/mol. The summed E-state index contributed by atoms with van der Waals surface area (Å²) in [4.78, 5) is 54.7. The highest BCUT2D eigenvalue weighted by Gasteiger charge is 2.60. The fraction of sp³-hybridized carbons (Fsp3) is 0.130. The number of benzene rings is 3. The summed E-state index contributed by atoms with van der Waals surface area (Å²) in [6, 6.07) is 19.0. The van der Waals surface area contributed by atoms with Gasteiger partial charge in [-0.05, 0) is 29.8 Å². The van der Waals surface area contributed by atoms with E-state index in [1.165, 1.54) is 53.6 Å². The Morgan fingerprint density at radius 3 is 1.82 bits per heavy atom. The third-order valence-electron chi connectivity index (χ3n) is 5.89. The lowest BCUT2D eigenvalue weighted by atomic mass is 9.90. The van der Waals surface area contributed by atoms with Gasteiger partial charge in [-0.25, -0.2) is 9.96 Å². The first-order chi connectivity index (χ1) is 16.4. The number of anilines is 2. The number of non-ortho nitro benzene ring substituents is 2. The molecule has 2 aliphatic rings. The Hall–Kier alpha value is -4.64. The van der Waals surface area contributed by atoms with Crippen LogP contribution in [0.15, 0.2) is 78.9 Å². The molecule has 0 aromatic heterocycles.